The summed E-state index contributed by atoms with van der Waals surface area (Å²) in [7, 11) is 0. The lowest BCUT2D eigenvalue weighted by Gasteiger charge is -2.13. The maximum absolute atomic E-state index is 11.9. The largest absolute Gasteiger partial charge is 0.465 e. The molecule has 0 aliphatic rings. The quantitative estimate of drug-likeness (QED) is 0.837. The van der Waals surface area contributed by atoms with E-state index < -0.39 is 18.7 Å². The number of amides is 1. The first-order chi connectivity index (χ1) is 7.49. The molecule has 1 unspecified atom stereocenters. The Bertz CT molecular complexity index is 371. The minimum atomic E-state index is -2.89. The van der Waals surface area contributed by atoms with E-state index in [9.17, 15) is 13.6 Å². The van der Waals surface area contributed by atoms with Gasteiger partial charge in [0.15, 0.2) is 0 Å². The molecule has 0 aromatic heterocycles. The van der Waals surface area contributed by atoms with Crippen molar-refractivity contribution in [3.63, 3.8) is 0 Å². The summed E-state index contributed by atoms with van der Waals surface area (Å²) in [5.74, 6) is 0.00605. The van der Waals surface area contributed by atoms with Crippen molar-refractivity contribution in [1.29, 1.82) is 0 Å². The highest BCUT2D eigenvalue weighted by atomic mass is 19.3. The van der Waals surface area contributed by atoms with Crippen LogP contribution in [0.1, 0.15) is 18.5 Å². The third-order valence-electron chi connectivity index (χ3n) is 1.92. The number of hydrogen-bond donors (Lipinski definition) is 2. The average molecular weight is 231 g/mol. The molecular formula is C10H11F2NO3. The molecule has 0 aliphatic heterocycles. The molecule has 0 heterocycles. The fourth-order valence-electron chi connectivity index (χ4n) is 1.23. The van der Waals surface area contributed by atoms with Crippen molar-refractivity contribution < 1.29 is 23.4 Å². The van der Waals surface area contributed by atoms with E-state index in [2.05, 4.69) is 10.1 Å². The lowest BCUT2D eigenvalue weighted by molar-refractivity contribution is -0.0499. The second-order valence-electron chi connectivity index (χ2n) is 3.12. The summed E-state index contributed by atoms with van der Waals surface area (Å²) in [6.07, 6.45) is -1.17. The van der Waals surface area contributed by atoms with Gasteiger partial charge in [-0.15, -0.1) is 0 Å². The van der Waals surface area contributed by atoms with Crippen LogP contribution in [0.15, 0.2) is 24.3 Å². The van der Waals surface area contributed by atoms with Crippen LogP contribution in [0.5, 0.6) is 5.75 Å². The van der Waals surface area contributed by atoms with Gasteiger partial charge in [0, 0.05) is 0 Å². The zero-order valence-electron chi connectivity index (χ0n) is 8.48. The molecule has 1 atom stereocenters. The second-order valence-corrected chi connectivity index (χ2v) is 3.12. The Balaban J connectivity index is 2.77. The summed E-state index contributed by atoms with van der Waals surface area (Å²) < 4.78 is 28.1. The van der Waals surface area contributed by atoms with Gasteiger partial charge in [0.2, 0.25) is 0 Å². The summed E-state index contributed by atoms with van der Waals surface area (Å²) >= 11 is 0. The number of hydrogen-bond acceptors (Lipinski definition) is 2. The molecule has 0 fully saturated rings. The first-order valence-corrected chi connectivity index (χ1v) is 4.53. The van der Waals surface area contributed by atoms with Gasteiger partial charge < -0.3 is 15.2 Å². The summed E-state index contributed by atoms with van der Waals surface area (Å²) in [5, 5.41) is 10.7. The fourth-order valence-corrected chi connectivity index (χ4v) is 1.23. The molecule has 1 amide bonds. The van der Waals surface area contributed by atoms with Crippen LogP contribution in [-0.4, -0.2) is 17.8 Å². The van der Waals surface area contributed by atoms with Crippen LogP contribution in [0, 0.1) is 0 Å². The predicted octanol–water partition coefficient (Wildman–Crippen LogP) is 2.62. The van der Waals surface area contributed by atoms with Gasteiger partial charge in [0.05, 0.1) is 6.04 Å². The van der Waals surface area contributed by atoms with Gasteiger partial charge >= 0.3 is 12.7 Å². The maximum Gasteiger partial charge on any atom is 0.405 e. The maximum atomic E-state index is 11.9. The SMILES string of the molecule is CC(NC(=O)O)c1cccc(OC(F)F)c1. The van der Waals surface area contributed by atoms with Gasteiger partial charge in [-0.3, -0.25) is 0 Å². The zero-order chi connectivity index (χ0) is 12.1. The summed E-state index contributed by atoms with van der Waals surface area (Å²) in [4.78, 5) is 10.4. The van der Waals surface area contributed by atoms with Crippen molar-refractivity contribution in [3.05, 3.63) is 29.8 Å². The number of benzene rings is 1. The first-order valence-electron chi connectivity index (χ1n) is 4.53. The van der Waals surface area contributed by atoms with Crippen molar-refractivity contribution in [2.45, 2.75) is 19.6 Å². The smallest absolute Gasteiger partial charge is 0.405 e. The number of halogens is 2. The molecule has 2 N–H and O–H groups in total. The molecule has 0 radical (unpaired) electrons. The van der Waals surface area contributed by atoms with Crippen molar-refractivity contribution >= 4 is 6.09 Å². The second kappa shape index (κ2) is 5.29. The van der Waals surface area contributed by atoms with Crippen molar-refractivity contribution in [2.24, 2.45) is 0 Å². The van der Waals surface area contributed by atoms with Crippen LogP contribution in [0.4, 0.5) is 13.6 Å². The van der Waals surface area contributed by atoms with Gasteiger partial charge in [-0.2, -0.15) is 8.78 Å². The van der Waals surface area contributed by atoms with Gasteiger partial charge in [-0.25, -0.2) is 4.79 Å². The zero-order valence-corrected chi connectivity index (χ0v) is 8.48. The molecule has 1 aromatic carbocycles. The molecule has 6 heteroatoms. The van der Waals surface area contributed by atoms with Crippen LogP contribution < -0.4 is 10.1 Å². The number of carbonyl (C=O) groups is 1. The molecular weight excluding hydrogens is 220 g/mol. The highest BCUT2D eigenvalue weighted by Gasteiger charge is 2.10. The van der Waals surface area contributed by atoms with E-state index in [1.54, 1.807) is 13.0 Å². The van der Waals surface area contributed by atoms with E-state index in [0.717, 1.165) is 0 Å². The molecule has 0 spiro atoms. The highest BCUT2D eigenvalue weighted by Crippen LogP contribution is 2.20. The summed E-state index contributed by atoms with van der Waals surface area (Å²) in [6.45, 7) is -1.28. The molecule has 0 aliphatic carbocycles. The van der Waals surface area contributed by atoms with Crippen molar-refractivity contribution in [1.82, 2.24) is 5.32 Å². The van der Waals surface area contributed by atoms with Crippen molar-refractivity contribution in [2.75, 3.05) is 0 Å². The molecule has 16 heavy (non-hydrogen) atoms. The van der Waals surface area contributed by atoms with Crippen LogP contribution >= 0.6 is 0 Å². The third-order valence-corrected chi connectivity index (χ3v) is 1.92. The minimum Gasteiger partial charge on any atom is -0.465 e. The van der Waals surface area contributed by atoms with Crippen LogP contribution in [0.25, 0.3) is 0 Å². The van der Waals surface area contributed by atoms with E-state index in [0.29, 0.717) is 5.56 Å². The molecule has 1 aromatic rings. The van der Waals surface area contributed by atoms with Gasteiger partial charge in [-0.05, 0) is 24.6 Å². The molecule has 1 rings (SSSR count). The Morgan fingerprint density at radius 2 is 2.19 bits per heavy atom. The Morgan fingerprint density at radius 1 is 1.50 bits per heavy atom. The van der Waals surface area contributed by atoms with Gasteiger partial charge in [0.25, 0.3) is 0 Å². The molecule has 0 bridgehead atoms. The third kappa shape index (κ3) is 3.72. The van der Waals surface area contributed by atoms with E-state index >= 15 is 0 Å². The van der Waals surface area contributed by atoms with Crippen LogP contribution in [0.3, 0.4) is 0 Å². The lowest BCUT2D eigenvalue weighted by Crippen LogP contribution is -2.24. The number of carboxylic acid groups (broad SMARTS) is 1. The highest BCUT2D eigenvalue weighted by molar-refractivity contribution is 5.65. The van der Waals surface area contributed by atoms with E-state index in [1.165, 1.54) is 18.2 Å². The molecule has 88 valence electrons. The Hall–Kier alpha value is -1.85. The Morgan fingerprint density at radius 3 is 2.75 bits per heavy atom. The number of rotatable bonds is 4. The topological polar surface area (TPSA) is 58.6 Å². The van der Waals surface area contributed by atoms with E-state index in [-0.39, 0.29) is 5.75 Å². The monoisotopic (exact) mass is 231 g/mol. The Kier molecular flexibility index (Phi) is 4.04. The van der Waals surface area contributed by atoms with Crippen molar-refractivity contribution in [3.8, 4) is 5.75 Å². The van der Waals surface area contributed by atoms with Crippen LogP contribution in [-0.2, 0) is 0 Å². The minimum absolute atomic E-state index is 0.00605. The summed E-state index contributed by atoms with van der Waals surface area (Å²) in [6, 6.07) is 5.40. The van der Waals surface area contributed by atoms with E-state index in [1.807, 2.05) is 0 Å². The lowest BCUT2D eigenvalue weighted by atomic mass is 10.1. The number of ether oxygens (including phenoxy) is 1. The van der Waals surface area contributed by atoms with Gasteiger partial charge in [-0.1, -0.05) is 12.1 Å². The predicted molar refractivity (Wildman–Crippen MR) is 52.6 cm³/mol. The standard InChI is InChI=1S/C10H11F2NO3/c1-6(13-10(14)15)7-3-2-4-8(5-7)16-9(11)12/h2-6,9,13H,1H3,(H,14,15). The Labute approximate surface area is 90.8 Å². The number of alkyl halides is 2. The molecule has 0 saturated carbocycles. The van der Waals surface area contributed by atoms with Gasteiger partial charge in [0.1, 0.15) is 5.75 Å². The number of nitrogens with one attached hydrogen (secondary N) is 1. The summed E-state index contributed by atoms with van der Waals surface area (Å²) in [5.41, 5.74) is 0.556. The normalized spacial score (nSPS) is 12.2. The fraction of sp³-hybridized carbons (Fsp3) is 0.300. The molecule has 0 saturated heterocycles. The van der Waals surface area contributed by atoms with E-state index in [4.69, 9.17) is 5.11 Å². The molecule has 4 nitrogen and oxygen atoms in total. The van der Waals surface area contributed by atoms with Crippen LogP contribution in [0.2, 0.25) is 0 Å². The average Bonchev–Trinajstić information content (AvgIpc) is 2.16. The first kappa shape index (κ1) is 12.2.